The number of thiophene rings is 1. The van der Waals surface area contributed by atoms with Crippen LogP contribution in [0.15, 0.2) is 16.6 Å². The zero-order chi connectivity index (χ0) is 23.1. The van der Waals surface area contributed by atoms with Crippen LogP contribution in [0, 0.1) is 0 Å². The number of rotatable bonds is 7. The third-order valence-corrected chi connectivity index (χ3v) is 7.07. The highest BCUT2D eigenvalue weighted by Gasteiger charge is 2.45. The molecule has 0 fully saturated rings. The molecule has 170 valence electrons. The van der Waals surface area contributed by atoms with Crippen LogP contribution < -0.4 is 10.5 Å². The van der Waals surface area contributed by atoms with Crippen LogP contribution in [0.1, 0.15) is 29.3 Å². The van der Waals surface area contributed by atoms with Gasteiger partial charge in [0.15, 0.2) is 0 Å². The summed E-state index contributed by atoms with van der Waals surface area (Å²) in [4.78, 5) is 17.1. The van der Waals surface area contributed by atoms with E-state index in [2.05, 4.69) is 15.9 Å². The third-order valence-electron chi connectivity index (χ3n) is 3.82. The second-order valence-electron chi connectivity index (χ2n) is 6.06. The molecule has 30 heavy (non-hydrogen) atoms. The second kappa shape index (κ2) is 8.99. The van der Waals surface area contributed by atoms with Crippen LogP contribution >= 0.6 is 35.6 Å². The standard InChI is InChI=1S/C15H13BrF8NO3PS/c16-9-7-4-6(11(25)14(20,21)22)5-8(28-3-1-2-13(17,18)19)10(7)30-12(9)15(23,24)29(26)27/h4-5,11,26-27H,1-3,25H2. The zero-order valence-electron chi connectivity index (χ0n) is 14.5. The van der Waals surface area contributed by atoms with Gasteiger partial charge in [-0.05, 0) is 40.0 Å². The minimum Gasteiger partial charge on any atom is -0.492 e. The first-order valence-electron chi connectivity index (χ1n) is 7.89. The first-order valence-corrected chi connectivity index (χ1v) is 10.8. The second-order valence-corrected chi connectivity index (χ2v) is 9.01. The summed E-state index contributed by atoms with van der Waals surface area (Å²) in [5, 5.41) is -0.186. The highest BCUT2D eigenvalue weighted by Crippen LogP contribution is 2.58. The van der Waals surface area contributed by atoms with Crippen molar-refractivity contribution in [2.24, 2.45) is 5.73 Å². The number of halogens is 9. The minimum atomic E-state index is -4.89. The Morgan fingerprint density at radius 2 is 1.70 bits per heavy atom. The number of hydrogen-bond acceptors (Lipinski definition) is 5. The lowest BCUT2D eigenvalue weighted by atomic mass is 10.0. The molecule has 4 nitrogen and oxygen atoms in total. The van der Waals surface area contributed by atoms with E-state index in [0.29, 0.717) is 11.3 Å². The maximum Gasteiger partial charge on any atom is 0.407 e. The lowest BCUT2D eigenvalue weighted by molar-refractivity contribution is -0.149. The summed E-state index contributed by atoms with van der Waals surface area (Å²) in [6, 6.07) is -0.810. The molecule has 1 heterocycles. The Morgan fingerprint density at radius 1 is 1.10 bits per heavy atom. The van der Waals surface area contributed by atoms with Crippen molar-refractivity contribution in [3.05, 3.63) is 27.0 Å². The van der Waals surface area contributed by atoms with Crippen molar-refractivity contribution in [1.29, 1.82) is 0 Å². The Hall–Kier alpha value is -0.790. The molecule has 2 rings (SSSR count). The predicted molar refractivity (Wildman–Crippen MR) is 98.5 cm³/mol. The molecule has 0 aliphatic heterocycles. The topological polar surface area (TPSA) is 75.7 Å². The van der Waals surface area contributed by atoms with Crippen LogP contribution in [-0.2, 0) is 5.66 Å². The quantitative estimate of drug-likeness (QED) is 0.215. The third kappa shape index (κ3) is 5.71. The van der Waals surface area contributed by atoms with Gasteiger partial charge in [-0.2, -0.15) is 35.1 Å². The van der Waals surface area contributed by atoms with E-state index in [4.69, 9.17) is 20.3 Å². The van der Waals surface area contributed by atoms with E-state index < -0.39 is 66.8 Å². The highest BCUT2D eigenvalue weighted by atomic mass is 79.9. The summed E-state index contributed by atoms with van der Waals surface area (Å²) in [7, 11) is -3.77. The average molecular weight is 550 g/mol. The van der Waals surface area contributed by atoms with Crippen molar-refractivity contribution in [2.75, 3.05) is 6.61 Å². The number of alkyl halides is 8. The zero-order valence-corrected chi connectivity index (χ0v) is 17.8. The molecule has 0 bridgehead atoms. The van der Waals surface area contributed by atoms with Gasteiger partial charge in [0, 0.05) is 16.3 Å². The maximum absolute atomic E-state index is 14.1. The first-order chi connectivity index (χ1) is 13.6. The van der Waals surface area contributed by atoms with Crippen molar-refractivity contribution in [1.82, 2.24) is 0 Å². The van der Waals surface area contributed by atoms with Gasteiger partial charge < -0.3 is 20.3 Å². The molecule has 4 N–H and O–H groups in total. The Labute approximate surface area is 177 Å². The van der Waals surface area contributed by atoms with E-state index in [9.17, 15) is 35.1 Å². The maximum atomic E-state index is 14.1. The smallest absolute Gasteiger partial charge is 0.407 e. The monoisotopic (exact) mass is 549 g/mol. The van der Waals surface area contributed by atoms with Gasteiger partial charge in [0.05, 0.1) is 16.2 Å². The summed E-state index contributed by atoms with van der Waals surface area (Å²) >= 11 is 3.13. The molecule has 15 heteroatoms. The van der Waals surface area contributed by atoms with Crippen LogP contribution in [0.25, 0.3) is 10.1 Å². The van der Waals surface area contributed by atoms with Crippen molar-refractivity contribution in [2.45, 2.75) is 36.9 Å². The molecule has 0 radical (unpaired) electrons. The van der Waals surface area contributed by atoms with Gasteiger partial charge in [-0.3, -0.25) is 0 Å². The van der Waals surface area contributed by atoms with E-state index in [0.717, 1.165) is 12.1 Å². The normalized spacial score (nSPS) is 14.6. The molecule has 0 saturated carbocycles. The Balaban J connectivity index is 2.55. The summed E-state index contributed by atoms with van der Waals surface area (Å²) in [6.07, 6.45) is -11.1. The molecule has 0 aliphatic rings. The fourth-order valence-electron chi connectivity index (χ4n) is 2.38. The van der Waals surface area contributed by atoms with E-state index in [-0.39, 0.29) is 15.8 Å². The van der Waals surface area contributed by atoms with Crippen LogP contribution in [0.3, 0.4) is 0 Å². The Kier molecular flexibility index (Phi) is 7.63. The molecule has 1 aromatic heterocycles. The van der Waals surface area contributed by atoms with Gasteiger partial charge in [0.2, 0.25) is 8.38 Å². The Bertz CT molecular complexity index is 903. The fraction of sp³-hybridized carbons (Fsp3) is 0.467. The lowest BCUT2D eigenvalue weighted by Crippen LogP contribution is -2.28. The van der Waals surface area contributed by atoms with Crippen molar-refractivity contribution < 1.29 is 49.6 Å². The minimum absolute atomic E-state index is 0.112. The van der Waals surface area contributed by atoms with Crippen molar-refractivity contribution in [3.63, 3.8) is 0 Å². The fourth-order valence-corrected chi connectivity index (χ4v) is 5.16. The van der Waals surface area contributed by atoms with E-state index >= 15 is 0 Å². The van der Waals surface area contributed by atoms with E-state index in [1.165, 1.54) is 0 Å². The van der Waals surface area contributed by atoms with Gasteiger partial charge in [0.1, 0.15) is 11.8 Å². The number of nitrogens with two attached hydrogens (primary N) is 1. The van der Waals surface area contributed by atoms with Crippen LogP contribution in [0.5, 0.6) is 5.75 Å². The molecule has 0 amide bonds. The number of ether oxygens (including phenoxy) is 1. The predicted octanol–water partition coefficient (Wildman–Crippen LogP) is 6.29. The molecule has 0 aliphatic carbocycles. The SMILES string of the molecule is NC(c1cc(OCCCC(F)(F)F)c2sc(C(F)(F)P(O)O)c(Br)c2c1)C(F)(F)F. The number of benzene rings is 1. The number of hydrogen-bond donors (Lipinski definition) is 3. The average Bonchev–Trinajstić information content (AvgIpc) is 2.93. The number of fused-ring (bicyclic) bond motifs is 1. The molecule has 2 aromatic rings. The van der Waals surface area contributed by atoms with Crippen LogP contribution in [0.2, 0.25) is 0 Å². The van der Waals surface area contributed by atoms with Gasteiger partial charge >= 0.3 is 18.0 Å². The summed E-state index contributed by atoms with van der Waals surface area (Å²) in [5.41, 5.74) is 0.490. The molecule has 1 aromatic carbocycles. The van der Waals surface area contributed by atoms with Crippen molar-refractivity contribution >= 4 is 45.7 Å². The molecule has 0 spiro atoms. The lowest BCUT2D eigenvalue weighted by Gasteiger charge is -2.18. The summed E-state index contributed by atoms with van der Waals surface area (Å²) < 4.78 is 109. The van der Waals surface area contributed by atoms with Crippen molar-refractivity contribution in [3.8, 4) is 5.75 Å². The molecule has 1 unspecified atom stereocenters. The molecule has 0 saturated heterocycles. The first kappa shape index (κ1) is 25.5. The van der Waals surface area contributed by atoms with Gasteiger partial charge in [-0.25, -0.2) is 0 Å². The van der Waals surface area contributed by atoms with E-state index in [1.807, 2.05) is 0 Å². The van der Waals surface area contributed by atoms with Crippen LogP contribution in [0.4, 0.5) is 35.1 Å². The molecular weight excluding hydrogens is 537 g/mol. The summed E-state index contributed by atoms with van der Waals surface area (Å²) in [6.45, 7) is -0.548. The summed E-state index contributed by atoms with van der Waals surface area (Å²) in [5.74, 6) is -0.377. The molecule has 1 atom stereocenters. The van der Waals surface area contributed by atoms with Crippen LogP contribution in [-0.4, -0.2) is 28.7 Å². The largest absolute Gasteiger partial charge is 0.492 e. The van der Waals surface area contributed by atoms with Gasteiger partial charge in [0.25, 0.3) is 0 Å². The Morgan fingerprint density at radius 3 is 2.20 bits per heavy atom. The van der Waals surface area contributed by atoms with E-state index in [1.54, 1.807) is 0 Å². The highest BCUT2D eigenvalue weighted by molar-refractivity contribution is 9.10. The van der Waals surface area contributed by atoms with Gasteiger partial charge in [-0.1, -0.05) is 0 Å². The molecular formula is C15H13BrF8NO3PS. The van der Waals surface area contributed by atoms with Gasteiger partial charge in [-0.15, -0.1) is 11.3 Å².